The summed E-state index contributed by atoms with van der Waals surface area (Å²) in [7, 11) is 2.01. The molecule has 1 rings (SSSR count). The van der Waals surface area contributed by atoms with Gasteiger partial charge in [-0.25, -0.2) is 0 Å². The van der Waals surface area contributed by atoms with Crippen LogP contribution in [0.5, 0.6) is 0 Å². The molecule has 0 saturated carbocycles. The molecule has 0 heterocycles. The van der Waals surface area contributed by atoms with Crippen molar-refractivity contribution in [3.05, 3.63) is 108 Å². The van der Waals surface area contributed by atoms with Crippen LogP contribution in [-0.2, 0) is 16.0 Å². The third-order valence-electron chi connectivity index (χ3n) is 7.26. The molecule has 1 atom stereocenters. The maximum Gasteiger partial charge on any atom is 0.227 e. The van der Waals surface area contributed by atoms with Gasteiger partial charge >= 0.3 is 0 Å². The molecule has 0 spiro atoms. The highest BCUT2D eigenvalue weighted by atomic mass is 16.2. The van der Waals surface area contributed by atoms with Crippen LogP contribution in [-0.4, -0.2) is 49.9 Å². The summed E-state index contributed by atoms with van der Waals surface area (Å²) < 4.78 is 0. The molecule has 0 bridgehead atoms. The van der Waals surface area contributed by atoms with Crippen LogP contribution in [0.25, 0.3) is 0 Å². The minimum Gasteiger partial charge on any atom is -0.355 e. The number of nitrogens with one attached hydrogen (secondary N) is 2. The second-order valence-corrected chi connectivity index (χ2v) is 12.0. The Morgan fingerprint density at radius 1 is 0.689 bits per heavy atom. The number of carbonyl (C=O) groups excluding carboxylic acids is 2. The minimum atomic E-state index is -0.177. The molecule has 0 aliphatic heterocycles. The van der Waals surface area contributed by atoms with E-state index in [4.69, 9.17) is 0 Å². The van der Waals surface area contributed by atoms with Gasteiger partial charge in [-0.2, -0.15) is 0 Å². The highest BCUT2D eigenvalue weighted by Crippen LogP contribution is 2.17. The van der Waals surface area contributed by atoms with Crippen molar-refractivity contribution >= 4 is 11.8 Å². The van der Waals surface area contributed by atoms with E-state index in [1.807, 2.05) is 14.0 Å². The van der Waals surface area contributed by atoms with Crippen molar-refractivity contribution in [2.24, 2.45) is 5.92 Å². The van der Waals surface area contributed by atoms with E-state index in [-0.39, 0.29) is 17.7 Å². The van der Waals surface area contributed by atoms with E-state index < -0.39 is 0 Å². The summed E-state index contributed by atoms with van der Waals surface area (Å²) in [5.41, 5.74) is 2.35. The number of benzene rings is 1. The van der Waals surface area contributed by atoms with E-state index in [2.05, 4.69) is 133 Å². The summed E-state index contributed by atoms with van der Waals surface area (Å²) >= 11 is 0. The molecule has 0 saturated heterocycles. The Kier molecular flexibility index (Phi) is 23.7. The van der Waals surface area contributed by atoms with Crippen LogP contribution in [0.4, 0.5) is 0 Å². The molecule has 2 N–H and O–H groups in total. The van der Waals surface area contributed by atoms with E-state index in [0.717, 1.165) is 70.0 Å². The zero-order valence-electron chi connectivity index (χ0n) is 28.8. The van der Waals surface area contributed by atoms with Crippen molar-refractivity contribution in [1.29, 1.82) is 0 Å². The highest BCUT2D eigenvalue weighted by Gasteiger charge is 2.15. The monoisotopic (exact) mass is 615 g/mol. The Labute approximate surface area is 275 Å². The van der Waals surface area contributed by atoms with Crippen LogP contribution >= 0.6 is 0 Å². The SMILES string of the molecule is CC/C=C\C/C=C\C/C=C\C/C=C\C/C=C\C/C=C\CCC(=O)NCCN(C)CCNC(=O)C(C)c1ccc(CC(C)C)cc1. The first-order valence-electron chi connectivity index (χ1n) is 17.0. The molecule has 1 unspecified atom stereocenters. The predicted molar refractivity (Wildman–Crippen MR) is 194 cm³/mol. The molecule has 2 amide bonds. The Morgan fingerprint density at radius 3 is 1.64 bits per heavy atom. The molecule has 0 aliphatic carbocycles. The highest BCUT2D eigenvalue weighted by molar-refractivity contribution is 5.83. The van der Waals surface area contributed by atoms with E-state index in [1.165, 1.54) is 5.56 Å². The molecule has 0 radical (unpaired) electrons. The normalized spacial score (nSPS) is 13.2. The lowest BCUT2D eigenvalue weighted by Crippen LogP contribution is -2.38. The molecule has 0 fully saturated rings. The maximum absolute atomic E-state index is 12.6. The summed E-state index contributed by atoms with van der Waals surface area (Å²) in [5, 5.41) is 6.04. The number of amides is 2. The van der Waals surface area contributed by atoms with Crippen molar-refractivity contribution in [2.75, 3.05) is 33.2 Å². The molecule has 1 aromatic rings. The lowest BCUT2D eigenvalue weighted by Gasteiger charge is -2.18. The lowest BCUT2D eigenvalue weighted by molar-refractivity contribution is -0.122. The Balaban J connectivity index is 2.05. The zero-order chi connectivity index (χ0) is 33.0. The summed E-state index contributed by atoms with van der Waals surface area (Å²) in [6, 6.07) is 8.40. The van der Waals surface area contributed by atoms with Gasteiger partial charge in [-0.15, -0.1) is 0 Å². The summed E-state index contributed by atoms with van der Waals surface area (Å²) in [6.07, 6.45) is 34.4. The van der Waals surface area contributed by atoms with E-state index in [1.54, 1.807) is 0 Å². The number of hydrogen-bond donors (Lipinski definition) is 2. The third kappa shape index (κ3) is 22.7. The van der Waals surface area contributed by atoms with Gasteiger partial charge in [-0.05, 0) is 82.4 Å². The Hall–Kier alpha value is -3.44. The van der Waals surface area contributed by atoms with Crippen LogP contribution in [0.2, 0.25) is 0 Å². The van der Waals surface area contributed by atoms with Crippen molar-refractivity contribution in [2.45, 2.75) is 91.4 Å². The van der Waals surface area contributed by atoms with E-state index >= 15 is 0 Å². The molecule has 0 aromatic heterocycles. The molecule has 1 aromatic carbocycles. The van der Waals surface area contributed by atoms with Crippen LogP contribution in [0.3, 0.4) is 0 Å². The first kappa shape index (κ1) is 39.6. The fraction of sp³-hybridized carbons (Fsp3) is 0.500. The average molecular weight is 616 g/mol. The Morgan fingerprint density at radius 2 is 1.16 bits per heavy atom. The zero-order valence-corrected chi connectivity index (χ0v) is 28.8. The molecule has 5 nitrogen and oxygen atoms in total. The first-order valence-corrected chi connectivity index (χ1v) is 17.0. The second-order valence-electron chi connectivity index (χ2n) is 12.0. The van der Waals surface area contributed by atoms with Crippen molar-refractivity contribution in [3.63, 3.8) is 0 Å². The summed E-state index contributed by atoms with van der Waals surface area (Å²) in [6.45, 7) is 11.2. The standard InChI is InChI=1S/C40H61N3O2/c1-6-7-8-9-10-11-12-13-14-15-16-17-18-19-20-21-22-23-24-25-39(44)41-30-32-43(5)33-31-42-40(45)36(4)38-28-26-37(27-29-38)34-35(2)3/h7-8,10-11,13-14,16-17,19-20,22-23,26-29,35-36H,6,9,12,15,18,21,24-25,30-34H2,1-5H3,(H,41,44)(H,42,45)/b8-7-,11-10-,14-13-,17-16-,20-19-,23-22-. The third-order valence-corrected chi connectivity index (χ3v) is 7.26. The van der Waals surface area contributed by atoms with Gasteiger partial charge in [0.15, 0.2) is 0 Å². The summed E-state index contributed by atoms with van der Waals surface area (Å²) in [5.74, 6) is 0.561. The molecule has 45 heavy (non-hydrogen) atoms. The minimum absolute atomic E-state index is 0.0442. The lowest BCUT2D eigenvalue weighted by atomic mass is 9.96. The van der Waals surface area contributed by atoms with Crippen molar-refractivity contribution in [3.8, 4) is 0 Å². The van der Waals surface area contributed by atoms with Gasteiger partial charge < -0.3 is 15.5 Å². The summed E-state index contributed by atoms with van der Waals surface area (Å²) in [4.78, 5) is 26.9. The number of allylic oxidation sites excluding steroid dienone is 12. The maximum atomic E-state index is 12.6. The fourth-order valence-electron chi connectivity index (χ4n) is 4.53. The average Bonchev–Trinajstić information content (AvgIpc) is 3.01. The molecular weight excluding hydrogens is 554 g/mol. The van der Waals surface area contributed by atoms with E-state index in [9.17, 15) is 9.59 Å². The fourth-order valence-corrected chi connectivity index (χ4v) is 4.53. The molecular formula is C40H61N3O2. The molecule has 5 heteroatoms. The smallest absolute Gasteiger partial charge is 0.227 e. The van der Waals surface area contributed by atoms with Gasteiger partial charge in [0.25, 0.3) is 0 Å². The molecule has 248 valence electrons. The van der Waals surface area contributed by atoms with Gasteiger partial charge in [-0.3, -0.25) is 9.59 Å². The largest absolute Gasteiger partial charge is 0.355 e. The number of nitrogens with zero attached hydrogens (tertiary/aromatic N) is 1. The van der Waals surface area contributed by atoms with E-state index in [0.29, 0.717) is 25.4 Å². The second kappa shape index (κ2) is 26.9. The quantitative estimate of drug-likeness (QED) is 0.114. The molecule has 0 aliphatic rings. The number of hydrogen-bond acceptors (Lipinski definition) is 3. The van der Waals surface area contributed by atoms with Crippen molar-refractivity contribution in [1.82, 2.24) is 15.5 Å². The van der Waals surface area contributed by atoms with Crippen LogP contribution in [0.15, 0.2) is 97.2 Å². The van der Waals surface area contributed by atoms with Crippen LogP contribution in [0, 0.1) is 5.92 Å². The van der Waals surface area contributed by atoms with Gasteiger partial charge in [0.1, 0.15) is 0 Å². The first-order chi connectivity index (χ1) is 21.8. The van der Waals surface area contributed by atoms with Gasteiger partial charge in [0.05, 0.1) is 5.92 Å². The predicted octanol–water partition coefficient (Wildman–Crippen LogP) is 8.63. The van der Waals surface area contributed by atoms with Gasteiger partial charge in [0.2, 0.25) is 11.8 Å². The van der Waals surface area contributed by atoms with Crippen LogP contribution < -0.4 is 10.6 Å². The van der Waals surface area contributed by atoms with Gasteiger partial charge in [-0.1, -0.05) is 118 Å². The number of likely N-dealkylation sites (N-methyl/N-ethyl adjacent to an activating group) is 1. The van der Waals surface area contributed by atoms with Crippen molar-refractivity contribution < 1.29 is 9.59 Å². The van der Waals surface area contributed by atoms with Crippen LogP contribution in [0.1, 0.15) is 96.1 Å². The topological polar surface area (TPSA) is 61.4 Å². The Bertz CT molecular complexity index is 1090. The number of carbonyl (C=O) groups is 2. The number of rotatable bonds is 24. The van der Waals surface area contributed by atoms with Gasteiger partial charge in [0, 0.05) is 32.6 Å².